The molecule has 0 atom stereocenters. The topological polar surface area (TPSA) is 55.6 Å². The third-order valence-corrected chi connectivity index (χ3v) is 3.80. The van der Waals surface area contributed by atoms with E-state index in [1.54, 1.807) is 4.90 Å². The van der Waals surface area contributed by atoms with Crippen LogP contribution in [0.25, 0.3) is 0 Å². The van der Waals surface area contributed by atoms with Gasteiger partial charge in [0.05, 0.1) is 0 Å². The average molecular weight is 298 g/mol. The number of alkyl halides is 2. The highest BCUT2D eigenvalue weighted by atomic mass is 19.3. The van der Waals surface area contributed by atoms with Crippen LogP contribution in [0.3, 0.4) is 0 Å². The SMILES string of the molecule is NCCC1CCN(C(=O)c2ccc(OC(F)F)cc2)CC1. The van der Waals surface area contributed by atoms with Gasteiger partial charge in [0.15, 0.2) is 0 Å². The van der Waals surface area contributed by atoms with Gasteiger partial charge in [-0.2, -0.15) is 8.78 Å². The van der Waals surface area contributed by atoms with Gasteiger partial charge in [0.25, 0.3) is 5.91 Å². The molecule has 0 spiro atoms. The zero-order valence-electron chi connectivity index (χ0n) is 11.8. The highest BCUT2D eigenvalue weighted by Crippen LogP contribution is 2.22. The largest absolute Gasteiger partial charge is 0.435 e. The van der Waals surface area contributed by atoms with E-state index in [9.17, 15) is 13.6 Å². The summed E-state index contributed by atoms with van der Waals surface area (Å²) in [7, 11) is 0. The van der Waals surface area contributed by atoms with Crippen molar-refractivity contribution in [2.24, 2.45) is 11.7 Å². The summed E-state index contributed by atoms with van der Waals surface area (Å²) in [6.45, 7) is -0.727. The molecule has 0 aromatic heterocycles. The fourth-order valence-electron chi connectivity index (χ4n) is 2.62. The maximum atomic E-state index is 12.3. The van der Waals surface area contributed by atoms with Crippen molar-refractivity contribution in [1.29, 1.82) is 0 Å². The Balaban J connectivity index is 1.91. The fraction of sp³-hybridized carbons (Fsp3) is 0.533. The molecular formula is C15H20F2N2O2. The molecule has 2 rings (SSSR count). The first-order valence-corrected chi connectivity index (χ1v) is 7.14. The van der Waals surface area contributed by atoms with Gasteiger partial charge in [-0.15, -0.1) is 0 Å². The van der Waals surface area contributed by atoms with E-state index in [2.05, 4.69) is 4.74 Å². The molecule has 1 aliphatic heterocycles. The molecule has 0 saturated carbocycles. The standard InChI is InChI=1S/C15H20F2N2O2/c16-15(17)21-13-3-1-12(2-4-13)14(20)19-9-6-11(5-8-18)7-10-19/h1-4,11,15H,5-10,18H2. The number of nitrogens with two attached hydrogens (primary N) is 1. The van der Waals surface area contributed by atoms with Crippen molar-refractivity contribution in [2.45, 2.75) is 25.9 Å². The van der Waals surface area contributed by atoms with Crippen molar-refractivity contribution >= 4 is 5.91 Å². The van der Waals surface area contributed by atoms with Crippen molar-refractivity contribution in [3.8, 4) is 5.75 Å². The van der Waals surface area contributed by atoms with Crippen molar-refractivity contribution in [2.75, 3.05) is 19.6 Å². The summed E-state index contributed by atoms with van der Waals surface area (Å²) in [5.41, 5.74) is 6.04. The molecule has 0 aliphatic carbocycles. The Morgan fingerprint density at radius 2 is 1.90 bits per heavy atom. The number of nitrogens with zero attached hydrogens (tertiary/aromatic N) is 1. The lowest BCUT2D eigenvalue weighted by Crippen LogP contribution is -2.38. The molecule has 1 aromatic rings. The number of carbonyl (C=O) groups is 1. The van der Waals surface area contributed by atoms with Gasteiger partial charge in [-0.25, -0.2) is 0 Å². The number of ether oxygens (including phenoxy) is 1. The summed E-state index contributed by atoms with van der Waals surface area (Å²) >= 11 is 0. The van der Waals surface area contributed by atoms with E-state index in [1.807, 2.05) is 0 Å². The Labute approximate surface area is 122 Å². The highest BCUT2D eigenvalue weighted by Gasteiger charge is 2.23. The Kier molecular flexibility index (Phi) is 5.50. The van der Waals surface area contributed by atoms with Crippen LogP contribution in [-0.2, 0) is 0 Å². The van der Waals surface area contributed by atoms with Gasteiger partial charge in [-0.05, 0) is 56.0 Å². The van der Waals surface area contributed by atoms with Gasteiger partial charge in [-0.1, -0.05) is 0 Å². The second-order valence-electron chi connectivity index (χ2n) is 5.22. The van der Waals surface area contributed by atoms with Crippen LogP contribution >= 0.6 is 0 Å². The van der Waals surface area contributed by atoms with Crippen molar-refractivity contribution in [1.82, 2.24) is 4.90 Å². The Morgan fingerprint density at radius 3 is 2.43 bits per heavy atom. The van der Waals surface area contributed by atoms with Crippen LogP contribution in [-0.4, -0.2) is 37.1 Å². The maximum Gasteiger partial charge on any atom is 0.387 e. The van der Waals surface area contributed by atoms with E-state index in [0.29, 0.717) is 18.0 Å². The first kappa shape index (κ1) is 15.7. The summed E-state index contributed by atoms with van der Waals surface area (Å²) in [4.78, 5) is 14.1. The molecule has 1 heterocycles. The third-order valence-electron chi connectivity index (χ3n) is 3.80. The van der Waals surface area contributed by atoms with Crippen molar-refractivity contribution in [3.05, 3.63) is 29.8 Å². The number of benzene rings is 1. The second-order valence-corrected chi connectivity index (χ2v) is 5.22. The maximum absolute atomic E-state index is 12.3. The quantitative estimate of drug-likeness (QED) is 0.908. The number of halogens is 2. The van der Waals surface area contributed by atoms with Gasteiger partial charge in [0, 0.05) is 18.7 Å². The van der Waals surface area contributed by atoms with E-state index < -0.39 is 6.61 Å². The van der Waals surface area contributed by atoms with Gasteiger partial charge < -0.3 is 15.4 Å². The van der Waals surface area contributed by atoms with Crippen LogP contribution in [0.4, 0.5) is 8.78 Å². The predicted molar refractivity (Wildman–Crippen MR) is 75.4 cm³/mol. The minimum atomic E-state index is -2.85. The van der Waals surface area contributed by atoms with Crippen LogP contribution in [0, 0.1) is 5.92 Å². The minimum absolute atomic E-state index is 0.0585. The van der Waals surface area contributed by atoms with Gasteiger partial charge >= 0.3 is 6.61 Å². The zero-order chi connectivity index (χ0) is 15.2. The summed E-state index contributed by atoms with van der Waals surface area (Å²) in [5.74, 6) is 0.592. The molecule has 4 nitrogen and oxygen atoms in total. The van der Waals surface area contributed by atoms with Crippen LogP contribution < -0.4 is 10.5 Å². The van der Waals surface area contributed by atoms with E-state index in [0.717, 1.165) is 32.4 Å². The fourth-order valence-corrected chi connectivity index (χ4v) is 2.62. The van der Waals surface area contributed by atoms with Crippen LogP contribution in [0.5, 0.6) is 5.75 Å². The number of hydrogen-bond donors (Lipinski definition) is 1. The Bertz CT molecular complexity index is 457. The molecular weight excluding hydrogens is 278 g/mol. The van der Waals surface area contributed by atoms with E-state index in [1.165, 1.54) is 24.3 Å². The van der Waals surface area contributed by atoms with Crippen LogP contribution in [0.1, 0.15) is 29.6 Å². The molecule has 1 amide bonds. The number of carbonyl (C=O) groups excluding carboxylic acids is 1. The van der Waals surface area contributed by atoms with Crippen molar-refractivity contribution in [3.63, 3.8) is 0 Å². The van der Waals surface area contributed by atoms with E-state index in [4.69, 9.17) is 5.73 Å². The summed E-state index contributed by atoms with van der Waals surface area (Å²) in [5, 5.41) is 0. The van der Waals surface area contributed by atoms with Crippen LogP contribution in [0.2, 0.25) is 0 Å². The third kappa shape index (κ3) is 4.39. The average Bonchev–Trinajstić information content (AvgIpc) is 2.48. The summed E-state index contributed by atoms with van der Waals surface area (Å²) < 4.78 is 28.4. The number of piperidine rings is 1. The summed E-state index contributed by atoms with van der Waals surface area (Å²) in [6, 6.07) is 5.82. The lowest BCUT2D eigenvalue weighted by Gasteiger charge is -2.32. The van der Waals surface area contributed by atoms with Crippen LogP contribution in [0.15, 0.2) is 24.3 Å². The van der Waals surface area contributed by atoms with E-state index >= 15 is 0 Å². The molecule has 1 aromatic carbocycles. The van der Waals surface area contributed by atoms with E-state index in [-0.39, 0.29) is 11.7 Å². The molecule has 1 saturated heterocycles. The number of amides is 1. The number of rotatable bonds is 5. The Morgan fingerprint density at radius 1 is 1.29 bits per heavy atom. The van der Waals surface area contributed by atoms with Gasteiger partial charge in [-0.3, -0.25) is 4.79 Å². The molecule has 0 radical (unpaired) electrons. The molecule has 1 aliphatic rings. The predicted octanol–water partition coefficient (Wildman–Crippen LogP) is 2.49. The van der Waals surface area contributed by atoms with Crippen molar-refractivity contribution < 1.29 is 18.3 Å². The number of likely N-dealkylation sites (tertiary alicyclic amines) is 1. The first-order valence-electron chi connectivity index (χ1n) is 7.14. The zero-order valence-corrected chi connectivity index (χ0v) is 11.8. The molecule has 116 valence electrons. The lowest BCUT2D eigenvalue weighted by molar-refractivity contribution is -0.0498. The van der Waals surface area contributed by atoms with Gasteiger partial charge in [0.2, 0.25) is 0 Å². The molecule has 0 bridgehead atoms. The van der Waals surface area contributed by atoms with Gasteiger partial charge in [0.1, 0.15) is 5.75 Å². The highest BCUT2D eigenvalue weighted by molar-refractivity contribution is 5.94. The first-order chi connectivity index (χ1) is 10.1. The Hall–Kier alpha value is -1.69. The number of hydrogen-bond acceptors (Lipinski definition) is 3. The molecule has 2 N–H and O–H groups in total. The normalized spacial score (nSPS) is 16.3. The second kappa shape index (κ2) is 7.36. The lowest BCUT2D eigenvalue weighted by atomic mass is 9.93. The molecule has 0 unspecified atom stereocenters. The monoisotopic (exact) mass is 298 g/mol. The molecule has 21 heavy (non-hydrogen) atoms. The molecule has 6 heteroatoms. The smallest absolute Gasteiger partial charge is 0.387 e. The minimum Gasteiger partial charge on any atom is -0.435 e. The molecule has 1 fully saturated rings. The summed E-state index contributed by atoms with van der Waals surface area (Å²) in [6.07, 6.45) is 2.94.